The van der Waals surface area contributed by atoms with E-state index in [1.807, 2.05) is 30.3 Å². The first-order valence-corrected chi connectivity index (χ1v) is 10.9. The van der Waals surface area contributed by atoms with Crippen LogP contribution in [0.4, 0.5) is 0 Å². The van der Waals surface area contributed by atoms with Crippen LogP contribution in [0, 0.1) is 0 Å². The number of ether oxygens (including phenoxy) is 4. The monoisotopic (exact) mass is 445 g/mol. The Morgan fingerprint density at radius 3 is 2.65 bits per heavy atom. The van der Waals surface area contributed by atoms with Crippen LogP contribution in [0.2, 0.25) is 5.02 Å². The zero-order chi connectivity index (χ0) is 21.8. The molecule has 4 rings (SSSR count). The van der Waals surface area contributed by atoms with Gasteiger partial charge in [0, 0.05) is 38.4 Å². The van der Waals surface area contributed by atoms with E-state index in [4.69, 9.17) is 30.5 Å². The van der Waals surface area contributed by atoms with Crippen LogP contribution in [-0.2, 0) is 14.3 Å². The Labute approximate surface area is 187 Å². The maximum Gasteiger partial charge on any atom is 0.222 e. The van der Waals surface area contributed by atoms with Crippen LogP contribution in [0.15, 0.2) is 36.4 Å². The average molecular weight is 446 g/mol. The van der Waals surface area contributed by atoms with Gasteiger partial charge in [-0.3, -0.25) is 4.79 Å². The number of amides is 1. The Morgan fingerprint density at radius 1 is 1.16 bits per heavy atom. The van der Waals surface area contributed by atoms with E-state index in [9.17, 15) is 4.79 Å². The molecule has 0 aromatic heterocycles. The Kier molecular flexibility index (Phi) is 6.70. The van der Waals surface area contributed by atoms with Crippen LogP contribution in [-0.4, -0.2) is 45.5 Å². The van der Waals surface area contributed by atoms with Crippen LogP contribution < -0.4 is 14.8 Å². The zero-order valence-electron chi connectivity index (χ0n) is 17.9. The van der Waals surface area contributed by atoms with E-state index in [1.54, 1.807) is 14.2 Å². The normalized spacial score (nSPS) is 19.4. The number of carbonyl (C=O) groups excluding carboxylic acids is 1. The molecule has 6 nitrogen and oxygen atoms in total. The second kappa shape index (κ2) is 9.47. The number of rotatable bonds is 6. The molecule has 0 radical (unpaired) electrons. The molecule has 2 aliphatic rings. The average Bonchev–Trinajstić information content (AvgIpc) is 2.78. The number of benzene rings is 2. The molecule has 7 heteroatoms. The summed E-state index contributed by atoms with van der Waals surface area (Å²) in [6, 6.07) is 11.7. The lowest BCUT2D eigenvalue weighted by Crippen LogP contribution is -2.48. The van der Waals surface area contributed by atoms with Crippen molar-refractivity contribution in [1.82, 2.24) is 5.32 Å². The second-order valence-electron chi connectivity index (χ2n) is 8.07. The summed E-state index contributed by atoms with van der Waals surface area (Å²) in [6.45, 7) is 1.73. The number of hydrogen-bond donors (Lipinski definition) is 1. The maximum absolute atomic E-state index is 12.5. The van der Waals surface area contributed by atoms with Crippen molar-refractivity contribution in [3.8, 4) is 22.6 Å². The van der Waals surface area contributed by atoms with Crippen LogP contribution in [0.25, 0.3) is 11.1 Å². The van der Waals surface area contributed by atoms with Gasteiger partial charge in [0.15, 0.2) is 0 Å². The summed E-state index contributed by atoms with van der Waals surface area (Å²) in [5.74, 6) is 1.41. The zero-order valence-corrected chi connectivity index (χ0v) is 18.7. The quantitative estimate of drug-likeness (QED) is 0.707. The number of nitrogens with one attached hydrogen (secondary N) is 1. The lowest BCUT2D eigenvalue weighted by molar-refractivity contribution is -0.124. The fraction of sp³-hybridized carbons (Fsp3) is 0.458. The topological polar surface area (TPSA) is 66.0 Å². The molecule has 1 fully saturated rings. The predicted octanol–water partition coefficient (Wildman–Crippen LogP) is 4.54. The number of methoxy groups -OCH3 is 2. The van der Waals surface area contributed by atoms with Gasteiger partial charge >= 0.3 is 0 Å². The summed E-state index contributed by atoms with van der Waals surface area (Å²) in [5, 5.41) is 3.77. The summed E-state index contributed by atoms with van der Waals surface area (Å²) in [6.07, 6.45) is 2.67. The predicted molar refractivity (Wildman–Crippen MR) is 119 cm³/mol. The largest absolute Gasteiger partial charge is 0.495 e. The molecule has 2 aromatic rings. The van der Waals surface area contributed by atoms with Crippen molar-refractivity contribution in [2.24, 2.45) is 0 Å². The second-order valence-corrected chi connectivity index (χ2v) is 8.47. The van der Waals surface area contributed by atoms with Crippen molar-refractivity contribution in [3.05, 3.63) is 47.0 Å². The van der Waals surface area contributed by atoms with Gasteiger partial charge in [0.1, 0.15) is 17.1 Å². The molecule has 1 amide bonds. The highest BCUT2D eigenvalue weighted by Crippen LogP contribution is 2.45. The summed E-state index contributed by atoms with van der Waals surface area (Å²) >= 11 is 6.19. The van der Waals surface area contributed by atoms with Gasteiger partial charge in [-0.05, 0) is 35.4 Å². The molecular weight excluding hydrogens is 418 g/mol. The summed E-state index contributed by atoms with van der Waals surface area (Å²) in [7, 11) is 3.20. The van der Waals surface area contributed by atoms with Crippen LogP contribution in [0.1, 0.15) is 37.3 Å². The molecule has 166 valence electrons. The summed E-state index contributed by atoms with van der Waals surface area (Å²) in [4.78, 5) is 12.5. The van der Waals surface area contributed by atoms with E-state index < -0.39 is 0 Å². The van der Waals surface area contributed by atoms with E-state index in [2.05, 4.69) is 11.4 Å². The third-order valence-corrected chi connectivity index (χ3v) is 6.36. The van der Waals surface area contributed by atoms with Gasteiger partial charge in [0.05, 0.1) is 38.0 Å². The van der Waals surface area contributed by atoms with Crippen molar-refractivity contribution in [3.63, 3.8) is 0 Å². The van der Waals surface area contributed by atoms with Crippen molar-refractivity contribution in [2.75, 3.05) is 34.0 Å². The van der Waals surface area contributed by atoms with E-state index in [1.165, 1.54) is 0 Å². The Balaban J connectivity index is 1.68. The van der Waals surface area contributed by atoms with Crippen molar-refractivity contribution in [2.45, 2.75) is 37.3 Å². The fourth-order valence-corrected chi connectivity index (χ4v) is 4.52. The molecule has 1 unspecified atom stereocenters. The Bertz CT molecular complexity index is 942. The molecule has 0 bridgehead atoms. The molecule has 1 N–H and O–H groups in total. The van der Waals surface area contributed by atoms with Gasteiger partial charge in [-0.15, -0.1) is 0 Å². The first kappa shape index (κ1) is 21.9. The molecule has 1 atom stereocenters. The first-order valence-electron chi connectivity index (χ1n) is 10.6. The molecule has 0 aliphatic carbocycles. The van der Waals surface area contributed by atoms with Crippen molar-refractivity contribution in [1.29, 1.82) is 0 Å². The third kappa shape index (κ3) is 4.81. The summed E-state index contributed by atoms with van der Waals surface area (Å²) in [5.41, 5.74) is 2.67. The van der Waals surface area contributed by atoms with Gasteiger partial charge in [-0.1, -0.05) is 23.7 Å². The van der Waals surface area contributed by atoms with Crippen LogP contribution in [0.3, 0.4) is 0 Å². The highest BCUT2D eigenvalue weighted by molar-refractivity contribution is 6.32. The molecule has 1 spiro atoms. The minimum atomic E-state index is -0.310. The SMILES string of the molecule is COCCC(=O)NC1CC2(CCOCC2)Oc2ccc(-c3ccc(Cl)c(OC)c3)cc21. The van der Waals surface area contributed by atoms with Gasteiger partial charge < -0.3 is 24.3 Å². The smallest absolute Gasteiger partial charge is 0.222 e. The molecule has 2 heterocycles. The van der Waals surface area contributed by atoms with Gasteiger partial charge in [-0.25, -0.2) is 0 Å². The lowest BCUT2D eigenvalue weighted by Gasteiger charge is -2.44. The Hall–Kier alpha value is -2.28. The summed E-state index contributed by atoms with van der Waals surface area (Å²) < 4.78 is 22.5. The highest BCUT2D eigenvalue weighted by Gasteiger charge is 2.42. The van der Waals surface area contributed by atoms with E-state index in [-0.39, 0.29) is 17.6 Å². The number of hydrogen-bond acceptors (Lipinski definition) is 5. The minimum absolute atomic E-state index is 0.0273. The third-order valence-electron chi connectivity index (χ3n) is 6.04. The van der Waals surface area contributed by atoms with Crippen LogP contribution >= 0.6 is 11.6 Å². The van der Waals surface area contributed by atoms with Crippen molar-refractivity contribution >= 4 is 17.5 Å². The molecule has 1 saturated heterocycles. The van der Waals surface area contributed by atoms with Gasteiger partial charge in [0.25, 0.3) is 0 Å². The van der Waals surface area contributed by atoms with E-state index in [0.717, 1.165) is 41.7 Å². The van der Waals surface area contributed by atoms with E-state index >= 15 is 0 Å². The fourth-order valence-electron chi connectivity index (χ4n) is 4.33. The van der Waals surface area contributed by atoms with Gasteiger partial charge in [0.2, 0.25) is 5.91 Å². The molecule has 2 aromatic carbocycles. The van der Waals surface area contributed by atoms with Crippen molar-refractivity contribution < 1.29 is 23.7 Å². The highest BCUT2D eigenvalue weighted by atomic mass is 35.5. The number of halogens is 1. The molecule has 31 heavy (non-hydrogen) atoms. The number of carbonyl (C=O) groups is 1. The van der Waals surface area contributed by atoms with Gasteiger partial charge in [-0.2, -0.15) is 0 Å². The number of fused-ring (bicyclic) bond motifs is 1. The van der Waals surface area contributed by atoms with Crippen LogP contribution in [0.5, 0.6) is 11.5 Å². The molecular formula is C24H28ClNO5. The molecule has 2 aliphatic heterocycles. The lowest BCUT2D eigenvalue weighted by atomic mass is 9.81. The Morgan fingerprint density at radius 2 is 1.90 bits per heavy atom. The molecule has 0 saturated carbocycles. The first-order chi connectivity index (χ1) is 15.0. The maximum atomic E-state index is 12.5. The van der Waals surface area contributed by atoms with E-state index in [0.29, 0.717) is 37.0 Å². The minimum Gasteiger partial charge on any atom is -0.495 e. The standard InChI is InChI=1S/C24H28ClNO5/c1-28-10-7-23(27)26-20-15-24(8-11-30-12-9-24)31-21-6-4-16(13-18(20)21)17-3-5-19(25)22(14-17)29-2/h3-6,13-14,20H,7-12,15H2,1-2H3,(H,26,27).